The molecule has 1 N–H and O–H groups in total. The summed E-state index contributed by atoms with van der Waals surface area (Å²) in [7, 11) is 1.54. The zero-order valence-electron chi connectivity index (χ0n) is 15.7. The maximum absolute atomic E-state index is 13.7. The number of hydrogen-bond donors (Lipinski definition) is 1. The van der Waals surface area contributed by atoms with E-state index in [2.05, 4.69) is 10.3 Å². The summed E-state index contributed by atoms with van der Waals surface area (Å²) in [6, 6.07) is 13.9. The minimum absolute atomic E-state index is 0.101. The Morgan fingerprint density at radius 2 is 2.04 bits per heavy atom. The van der Waals surface area contributed by atoms with E-state index in [1.165, 1.54) is 6.07 Å². The normalized spacial score (nSPS) is 10.4. The van der Waals surface area contributed by atoms with Gasteiger partial charge in [-0.1, -0.05) is 31.2 Å². The van der Waals surface area contributed by atoms with Crippen LogP contribution in [0.5, 0.6) is 11.5 Å². The Hall–Kier alpha value is -3.53. The number of nitriles is 1. The predicted molar refractivity (Wildman–Crippen MR) is 102 cm³/mol. The summed E-state index contributed by atoms with van der Waals surface area (Å²) >= 11 is 0. The number of halogens is 1. The summed E-state index contributed by atoms with van der Waals surface area (Å²) in [5, 5.41) is 12.2. The van der Waals surface area contributed by atoms with Gasteiger partial charge >= 0.3 is 0 Å². The van der Waals surface area contributed by atoms with E-state index in [0.717, 1.165) is 5.56 Å². The third kappa shape index (κ3) is 4.41. The summed E-state index contributed by atoms with van der Waals surface area (Å²) in [5.41, 5.74) is 1.60. The van der Waals surface area contributed by atoms with Crippen molar-refractivity contribution < 1.29 is 18.3 Å². The molecular formula is C21H20FN3O3. The molecule has 6 nitrogen and oxygen atoms in total. The molecule has 0 aliphatic rings. The molecule has 0 radical (unpaired) electrons. The molecule has 0 bridgehead atoms. The van der Waals surface area contributed by atoms with E-state index in [1.54, 1.807) is 31.4 Å². The summed E-state index contributed by atoms with van der Waals surface area (Å²) in [6.07, 6.45) is 0.609. The minimum Gasteiger partial charge on any atom is -0.493 e. The van der Waals surface area contributed by atoms with E-state index in [4.69, 9.17) is 19.2 Å². The molecule has 0 aliphatic carbocycles. The van der Waals surface area contributed by atoms with Crippen molar-refractivity contribution in [3.8, 4) is 17.6 Å². The molecule has 7 heteroatoms. The first-order valence-electron chi connectivity index (χ1n) is 8.81. The fraction of sp³-hybridized carbons (Fsp3) is 0.238. The van der Waals surface area contributed by atoms with Gasteiger partial charge in [-0.2, -0.15) is 5.26 Å². The smallest absolute Gasteiger partial charge is 0.232 e. The van der Waals surface area contributed by atoms with E-state index >= 15 is 0 Å². The molecule has 0 saturated heterocycles. The first kappa shape index (κ1) is 19.2. The number of anilines is 1. The van der Waals surface area contributed by atoms with Crippen LogP contribution in [0.25, 0.3) is 0 Å². The monoisotopic (exact) mass is 381 g/mol. The van der Waals surface area contributed by atoms with Gasteiger partial charge in [0.2, 0.25) is 11.6 Å². The van der Waals surface area contributed by atoms with Crippen molar-refractivity contribution in [2.45, 2.75) is 26.5 Å². The number of oxazole rings is 1. The molecule has 3 aromatic rings. The lowest BCUT2D eigenvalue weighted by Gasteiger charge is -2.13. The SMILES string of the molecule is CCc1nc(C#N)c(NCc2ccc(OCc3ccccc3F)c(OC)c2)o1. The molecule has 0 aliphatic heterocycles. The lowest BCUT2D eigenvalue weighted by molar-refractivity contribution is 0.279. The van der Waals surface area contributed by atoms with Gasteiger partial charge in [-0.15, -0.1) is 0 Å². The van der Waals surface area contributed by atoms with Crippen LogP contribution >= 0.6 is 0 Å². The quantitative estimate of drug-likeness (QED) is 0.621. The second-order valence-corrected chi connectivity index (χ2v) is 5.97. The fourth-order valence-corrected chi connectivity index (χ4v) is 2.61. The first-order chi connectivity index (χ1) is 13.6. The van der Waals surface area contributed by atoms with Gasteiger partial charge in [0.05, 0.1) is 7.11 Å². The number of aromatic nitrogens is 1. The Balaban J connectivity index is 1.68. The second-order valence-electron chi connectivity index (χ2n) is 5.97. The van der Waals surface area contributed by atoms with Crippen molar-refractivity contribution >= 4 is 5.88 Å². The average Bonchev–Trinajstić information content (AvgIpc) is 3.14. The molecule has 144 valence electrons. The van der Waals surface area contributed by atoms with Gasteiger partial charge in [0.15, 0.2) is 17.4 Å². The Morgan fingerprint density at radius 3 is 2.75 bits per heavy atom. The Morgan fingerprint density at radius 1 is 1.21 bits per heavy atom. The van der Waals surface area contributed by atoms with Gasteiger partial charge in [0.25, 0.3) is 0 Å². The predicted octanol–water partition coefficient (Wildman–Crippen LogP) is 4.45. The average molecular weight is 381 g/mol. The third-order valence-electron chi connectivity index (χ3n) is 4.10. The van der Waals surface area contributed by atoms with Crippen LogP contribution in [0.15, 0.2) is 46.9 Å². The van der Waals surface area contributed by atoms with E-state index in [-0.39, 0.29) is 18.1 Å². The van der Waals surface area contributed by atoms with Gasteiger partial charge in [0.1, 0.15) is 18.5 Å². The van der Waals surface area contributed by atoms with Crippen LogP contribution in [0.2, 0.25) is 0 Å². The molecule has 28 heavy (non-hydrogen) atoms. The van der Waals surface area contributed by atoms with Crippen molar-refractivity contribution in [3.05, 3.63) is 71.0 Å². The molecule has 3 rings (SSSR count). The molecule has 0 unspecified atom stereocenters. The largest absolute Gasteiger partial charge is 0.493 e. The number of methoxy groups -OCH3 is 1. The Bertz CT molecular complexity index is 995. The molecule has 0 spiro atoms. The van der Waals surface area contributed by atoms with Crippen LogP contribution in [0.1, 0.15) is 29.6 Å². The van der Waals surface area contributed by atoms with Gasteiger partial charge in [0, 0.05) is 18.5 Å². The summed E-state index contributed by atoms with van der Waals surface area (Å²) in [5.74, 6) is 1.59. The van der Waals surface area contributed by atoms with Gasteiger partial charge in [-0.25, -0.2) is 9.37 Å². The molecule has 1 heterocycles. The highest BCUT2D eigenvalue weighted by atomic mass is 19.1. The Labute approximate surface area is 162 Å². The van der Waals surface area contributed by atoms with Crippen molar-refractivity contribution in [1.82, 2.24) is 4.98 Å². The number of aryl methyl sites for hydroxylation is 1. The zero-order valence-corrected chi connectivity index (χ0v) is 15.7. The van der Waals surface area contributed by atoms with Crippen LogP contribution in [-0.2, 0) is 19.6 Å². The van der Waals surface area contributed by atoms with Crippen LogP contribution in [-0.4, -0.2) is 12.1 Å². The Kier molecular flexibility index (Phi) is 6.12. The number of nitrogens with zero attached hydrogens (tertiary/aromatic N) is 2. The van der Waals surface area contributed by atoms with Crippen molar-refractivity contribution in [2.24, 2.45) is 0 Å². The topological polar surface area (TPSA) is 80.3 Å². The van der Waals surface area contributed by atoms with Crippen molar-refractivity contribution in [3.63, 3.8) is 0 Å². The number of rotatable bonds is 8. The summed E-state index contributed by atoms with van der Waals surface area (Å²) in [4.78, 5) is 4.10. The molecule has 1 aromatic heterocycles. The standard InChI is InChI=1S/C21H20FN3O3/c1-3-20-25-17(11-23)21(28-20)24-12-14-8-9-18(19(10-14)26-2)27-13-15-6-4-5-7-16(15)22/h4-10,24H,3,12-13H2,1-2H3. The van der Waals surface area contributed by atoms with Crippen LogP contribution in [0.3, 0.4) is 0 Å². The molecule has 0 atom stereocenters. The van der Waals surface area contributed by atoms with E-state index in [0.29, 0.717) is 41.8 Å². The van der Waals surface area contributed by atoms with Gasteiger partial charge in [-0.3, -0.25) is 0 Å². The van der Waals surface area contributed by atoms with Gasteiger partial charge < -0.3 is 19.2 Å². The highest BCUT2D eigenvalue weighted by molar-refractivity contribution is 5.48. The maximum atomic E-state index is 13.7. The lowest BCUT2D eigenvalue weighted by Crippen LogP contribution is -2.03. The summed E-state index contributed by atoms with van der Waals surface area (Å²) < 4.78 is 30.4. The molecular weight excluding hydrogens is 361 g/mol. The fourth-order valence-electron chi connectivity index (χ4n) is 2.61. The molecule has 0 saturated carbocycles. The van der Waals surface area contributed by atoms with Crippen molar-refractivity contribution in [2.75, 3.05) is 12.4 Å². The highest BCUT2D eigenvalue weighted by Crippen LogP contribution is 2.29. The molecule has 0 amide bonds. The maximum Gasteiger partial charge on any atom is 0.232 e. The van der Waals surface area contributed by atoms with E-state index in [1.807, 2.05) is 25.1 Å². The van der Waals surface area contributed by atoms with Crippen LogP contribution in [0.4, 0.5) is 10.3 Å². The van der Waals surface area contributed by atoms with E-state index in [9.17, 15) is 4.39 Å². The highest BCUT2D eigenvalue weighted by Gasteiger charge is 2.13. The number of ether oxygens (including phenoxy) is 2. The van der Waals surface area contributed by atoms with E-state index < -0.39 is 0 Å². The summed E-state index contributed by atoms with van der Waals surface area (Å²) in [6.45, 7) is 2.42. The second kappa shape index (κ2) is 8.91. The number of benzene rings is 2. The zero-order chi connectivity index (χ0) is 19.9. The molecule has 2 aromatic carbocycles. The van der Waals surface area contributed by atoms with Crippen LogP contribution < -0.4 is 14.8 Å². The van der Waals surface area contributed by atoms with Crippen LogP contribution in [0, 0.1) is 17.1 Å². The number of hydrogen-bond acceptors (Lipinski definition) is 6. The minimum atomic E-state index is -0.311. The third-order valence-corrected chi connectivity index (χ3v) is 4.10. The van der Waals surface area contributed by atoms with Gasteiger partial charge in [-0.05, 0) is 23.8 Å². The van der Waals surface area contributed by atoms with Crippen molar-refractivity contribution in [1.29, 1.82) is 5.26 Å². The number of nitrogens with one attached hydrogen (secondary N) is 1. The first-order valence-corrected chi connectivity index (χ1v) is 8.81. The molecule has 0 fully saturated rings. The lowest BCUT2D eigenvalue weighted by atomic mass is 10.2.